The van der Waals surface area contributed by atoms with Gasteiger partial charge in [-0.3, -0.25) is 9.36 Å². The third-order valence-corrected chi connectivity index (χ3v) is 3.73. The summed E-state index contributed by atoms with van der Waals surface area (Å²) in [4.78, 5) is 0. The van der Waals surface area contributed by atoms with Crippen molar-refractivity contribution in [2.45, 2.75) is 39.8 Å². The molecule has 0 saturated heterocycles. The normalized spacial score (nSPS) is 12.9. The highest BCUT2D eigenvalue weighted by Crippen LogP contribution is 2.30. The number of nitrogens with two attached hydrogens (primary N) is 1. The van der Waals surface area contributed by atoms with Gasteiger partial charge >= 0.3 is 0 Å². The van der Waals surface area contributed by atoms with Gasteiger partial charge in [-0.2, -0.15) is 10.2 Å². The fourth-order valence-corrected chi connectivity index (χ4v) is 2.71. The van der Waals surface area contributed by atoms with Crippen molar-refractivity contribution in [2.24, 2.45) is 12.8 Å². The largest absolute Gasteiger partial charge is 0.319 e. The fourth-order valence-electron chi connectivity index (χ4n) is 2.45. The van der Waals surface area contributed by atoms with Gasteiger partial charge in [0.25, 0.3) is 0 Å². The lowest BCUT2D eigenvalue weighted by Crippen LogP contribution is -2.19. The number of rotatable bonds is 4. The first kappa shape index (κ1) is 14.1. The van der Waals surface area contributed by atoms with E-state index in [-0.39, 0.29) is 6.04 Å². The minimum atomic E-state index is -0.296. The highest BCUT2D eigenvalue weighted by Gasteiger charge is 2.24. The van der Waals surface area contributed by atoms with E-state index >= 15 is 0 Å². The van der Waals surface area contributed by atoms with Gasteiger partial charge in [-0.25, -0.2) is 0 Å². The van der Waals surface area contributed by atoms with E-state index in [0.29, 0.717) is 5.02 Å². The van der Waals surface area contributed by atoms with Crippen molar-refractivity contribution in [3.05, 3.63) is 33.9 Å². The lowest BCUT2D eigenvalue weighted by molar-refractivity contribution is 0.558. The Bertz CT molecular complexity index is 584. The van der Waals surface area contributed by atoms with E-state index in [0.717, 1.165) is 35.6 Å². The molecule has 0 amide bonds. The quantitative estimate of drug-likeness (QED) is 0.936. The number of hydrogen-bond acceptors (Lipinski definition) is 3. The summed E-state index contributed by atoms with van der Waals surface area (Å²) in [6.45, 7) is 6.90. The van der Waals surface area contributed by atoms with Crippen LogP contribution in [0.2, 0.25) is 5.02 Å². The van der Waals surface area contributed by atoms with E-state index in [1.165, 1.54) is 0 Å². The lowest BCUT2D eigenvalue weighted by atomic mass is 10.0. The molecule has 0 radical (unpaired) electrons. The summed E-state index contributed by atoms with van der Waals surface area (Å²) in [5.41, 5.74) is 10.3. The van der Waals surface area contributed by atoms with Gasteiger partial charge in [-0.1, -0.05) is 18.5 Å². The standard InChI is InChI=1S/C13H20ClN5/c1-5-6-19-13(10(14)7-16-19)12(15)11-8(2)17-18(4)9(11)3/h7,12H,5-6,15H2,1-4H3. The predicted molar refractivity (Wildman–Crippen MR) is 76.2 cm³/mol. The first-order valence-corrected chi connectivity index (χ1v) is 6.82. The number of aromatic nitrogens is 4. The predicted octanol–water partition coefficient (Wildman–Crippen LogP) is 2.34. The second-order valence-corrected chi connectivity index (χ2v) is 5.19. The van der Waals surface area contributed by atoms with E-state index < -0.39 is 0 Å². The monoisotopic (exact) mass is 281 g/mol. The van der Waals surface area contributed by atoms with E-state index in [1.807, 2.05) is 30.3 Å². The number of aryl methyl sites for hydroxylation is 3. The molecule has 2 aromatic rings. The van der Waals surface area contributed by atoms with E-state index in [9.17, 15) is 0 Å². The molecular formula is C13H20ClN5. The molecule has 0 aliphatic heterocycles. The van der Waals surface area contributed by atoms with Crippen molar-refractivity contribution in [1.29, 1.82) is 0 Å². The molecule has 6 heteroatoms. The highest BCUT2D eigenvalue weighted by atomic mass is 35.5. The molecule has 0 aliphatic rings. The Morgan fingerprint density at radius 1 is 1.42 bits per heavy atom. The maximum Gasteiger partial charge on any atom is 0.0837 e. The number of hydrogen-bond donors (Lipinski definition) is 1. The summed E-state index contributed by atoms with van der Waals surface area (Å²) >= 11 is 6.25. The summed E-state index contributed by atoms with van der Waals surface area (Å²) in [6.07, 6.45) is 2.65. The van der Waals surface area contributed by atoms with Crippen molar-refractivity contribution in [2.75, 3.05) is 0 Å². The van der Waals surface area contributed by atoms with Crippen molar-refractivity contribution < 1.29 is 0 Å². The average Bonchev–Trinajstić information content (AvgIpc) is 2.81. The maximum atomic E-state index is 6.41. The Labute approximate surface area is 118 Å². The van der Waals surface area contributed by atoms with Gasteiger partial charge in [0, 0.05) is 24.8 Å². The number of halogens is 1. The van der Waals surface area contributed by atoms with Crippen molar-refractivity contribution in [3.63, 3.8) is 0 Å². The Balaban J connectivity index is 2.49. The smallest absolute Gasteiger partial charge is 0.0837 e. The first-order chi connectivity index (χ1) is 8.97. The van der Waals surface area contributed by atoms with Gasteiger partial charge in [0.15, 0.2) is 0 Å². The molecule has 5 nitrogen and oxygen atoms in total. The van der Waals surface area contributed by atoms with Crippen LogP contribution in [0.1, 0.15) is 42.0 Å². The Hall–Kier alpha value is -1.33. The second kappa shape index (κ2) is 5.35. The van der Waals surface area contributed by atoms with Crippen molar-refractivity contribution in [1.82, 2.24) is 19.6 Å². The zero-order valence-corrected chi connectivity index (χ0v) is 12.6. The minimum absolute atomic E-state index is 0.296. The summed E-state index contributed by atoms with van der Waals surface area (Å²) in [5, 5.41) is 9.32. The first-order valence-electron chi connectivity index (χ1n) is 6.44. The molecule has 0 bridgehead atoms. The fraction of sp³-hybridized carbons (Fsp3) is 0.538. The lowest BCUT2D eigenvalue weighted by Gasteiger charge is -2.15. The van der Waals surface area contributed by atoms with Crippen LogP contribution in [0, 0.1) is 13.8 Å². The molecule has 2 aromatic heterocycles. The molecule has 0 spiro atoms. The second-order valence-electron chi connectivity index (χ2n) is 4.79. The van der Waals surface area contributed by atoms with Gasteiger partial charge in [0.2, 0.25) is 0 Å². The molecule has 2 N–H and O–H groups in total. The van der Waals surface area contributed by atoms with Crippen LogP contribution in [0.5, 0.6) is 0 Å². The third-order valence-electron chi connectivity index (χ3n) is 3.44. The summed E-state index contributed by atoms with van der Waals surface area (Å²) in [5.74, 6) is 0. The van der Waals surface area contributed by atoms with Crippen LogP contribution in [-0.2, 0) is 13.6 Å². The van der Waals surface area contributed by atoms with Gasteiger partial charge in [0.05, 0.1) is 28.6 Å². The van der Waals surface area contributed by atoms with Gasteiger partial charge in [-0.15, -0.1) is 0 Å². The zero-order valence-electron chi connectivity index (χ0n) is 11.8. The molecule has 0 aliphatic carbocycles. The van der Waals surface area contributed by atoms with Gasteiger partial charge < -0.3 is 5.73 Å². The average molecular weight is 282 g/mol. The molecule has 104 valence electrons. The zero-order chi connectivity index (χ0) is 14.2. The van der Waals surface area contributed by atoms with Crippen LogP contribution in [0.4, 0.5) is 0 Å². The number of nitrogens with zero attached hydrogens (tertiary/aromatic N) is 4. The Morgan fingerprint density at radius 3 is 2.63 bits per heavy atom. The molecule has 0 fully saturated rings. The van der Waals surface area contributed by atoms with Crippen LogP contribution in [0.25, 0.3) is 0 Å². The van der Waals surface area contributed by atoms with Gasteiger partial charge in [-0.05, 0) is 20.3 Å². The van der Waals surface area contributed by atoms with Crippen LogP contribution in [0.15, 0.2) is 6.20 Å². The Morgan fingerprint density at radius 2 is 2.11 bits per heavy atom. The molecular weight excluding hydrogens is 262 g/mol. The molecule has 0 aromatic carbocycles. The minimum Gasteiger partial charge on any atom is -0.319 e. The molecule has 2 heterocycles. The van der Waals surface area contributed by atoms with Crippen LogP contribution in [0.3, 0.4) is 0 Å². The Kier molecular flexibility index (Phi) is 3.96. The molecule has 0 saturated carbocycles. The van der Waals surface area contributed by atoms with E-state index in [1.54, 1.807) is 6.20 Å². The molecule has 1 atom stereocenters. The maximum absolute atomic E-state index is 6.41. The van der Waals surface area contributed by atoms with Crippen molar-refractivity contribution in [3.8, 4) is 0 Å². The van der Waals surface area contributed by atoms with E-state index in [4.69, 9.17) is 17.3 Å². The third kappa shape index (κ3) is 2.40. The summed E-state index contributed by atoms with van der Waals surface area (Å²) < 4.78 is 3.73. The molecule has 2 rings (SSSR count). The topological polar surface area (TPSA) is 61.7 Å². The SMILES string of the molecule is CCCn1ncc(Cl)c1C(N)c1c(C)nn(C)c1C. The molecule has 19 heavy (non-hydrogen) atoms. The highest BCUT2D eigenvalue weighted by molar-refractivity contribution is 6.31. The van der Waals surface area contributed by atoms with Crippen LogP contribution >= 0.6 is 11.6 Å². The summed E-state index contributed by atoms with van der Waals surface area (Å²) in [6, 6.07) is -0.296. The van der Waals surface area contributed by atoms with E-state index in [2.05, 4.69) is 17.1 Å². The van der Waals surface area contributed by atoms with Crippen LogP contribution < -0.4 is 5.73 Å². The molecule has 1 unspecified atom stereocenters. The van der Waals surface area contributed by atoms with Gasteiger partial charge in [0.1, 0.15) is 0 Å². The van der Waals surface area contributed by atoms with Crippen LogP contribution in [-0.4, -0.2) is 19.6 Å². The summed E-state index contributed by atoms with van der Waals surface area (Å²) in [7, 11) is 1.92. The van der Waals surface area contributed by atoms with Crippen molar-refractivity contribution >= 4 is 11.6 Å².